The summed E-state index contributed by atoms with van der Waals surface area (Å²) < 4.78 is 24.8. The molecule has 0 spiro atoms. The summed E-state index contributed by atoms with van der Waals surface area (Å²) in [4.78, 5) is 23.8. The number of carbonyl (C=O) groups is 2. The summed E-state index contributed by atoms with van der Waals surface area (Å²) in [6, 6.07) is 3.58. The van der Waals surface area contributed by atoms with Crippen molar-refractivity contribution in [1.82, 2.24) is 4.90 Å². The lowest BCUT2D eigenvalue weighted by atomic mass is 10.1. The summed E-state index contributed by atoms with van der Waals surface area (Å²) >= 11 is 0. The minimum atomic E-state index is -2.75. The second-order valence-corrected chi connectivity index (χ2v) is 4.29. The average Bonchev–Trinajstić information content (AvgIpc) is 2.37. The molecule has 0 aliphatic heterocycles. The van der Waals surface area contributed by atoms with E-state index in [9.17, 15) is 18.4 Å². The number of benzene rings is 1. The zero-order chi connectivity index (χ0) is 16.0. The first kappa shape index (κ1) is 16.8. The number of amides is 2. The Bertz CT molecular complexity index is 523. The number of rotatable bonds is 6. The SMILES string of the molecule is Cc1cccc(NC(=O)N(CCO)CC(F)F)c1C(=O)O. The van der Waals surface area contributed by atoms with Crippen LogP contribution in [0.2, 0.25) is 0 Å². The summed E-state index contributed by atoms with van der Waals surface area (Å²) in [7, 11) is 0. The van der Waals surface area contributed by atoms with Crippen LogP contribution in [-0.4, -0.2) is 53.2 Å². The van der Waals surface area contributed by atoms with Crippen LogP contribution in [0.4, 0.5) is 19.3 Å². The van der Waals surface area contributed by atoms with Crippen molar-refractivity contribution in [1.29, 1.82) is 0 Å². The average molecular weight is 302 g/mol. The summed E-state index contributed by atoms with van der Waals surface area (Å²) in [5.41, 5.74) is 0.347. The van der Waals surface area contributed by atoms with Crippen molar-refractivity contribution in [2.45, 2.75) is 13.3 Å². The number of carboxylic acids is 1. The predicted octanol–water partition coefficient (Wildman–Crippen LogP) is 1.78. The molecule has 6 nitrogen and oxygen atoms in total. The van der Waals surface area contributed by atoms with Gasteiger partial charge < -0.3 is 20.4 Å². The van der Waals surface area contributed by atoms with E-state index in [0.29, 0.717) is 5.56 Å². The topological polar surface area (TPSA) is 89.9 Å². The molecule has 0 saturated heterocycles. The Labute approximate surface area is 120 Å². The molecule has 0 atom stereocenters. The molecule has 0 radical (unpaired) electrons. The number of urea groups is 1. The highest BCUT2D eigenvalue weighted by Crippen LogP contribution is 2.20. The second-order valence-electron chi connectivity index (χ2n) is 4.29. The number of anilines is 1. The van der Waals surface area contributed by atoms with E-state index in [1.54, 1.807) is 19.1 Å². The molecule has 0 heterocycles. The van der Waals surface area contributed by atoms with Gasteiger partial charge >= 0.3 is 12.0 Å². The summed E-state index contributed by atoms with van der Waals surface area (Å²) in [5, 5.41) is 20.2. The van der Waals surface area contributed by atoms with Crippen molar-refractivity contribution in [3.05, 3.63) is 29.3 Å². The largest absolute Gasteiger partial charge is 0.478 e. The zero-order valence-corrected chi connectivity index (χ0v) is 11.3. The number of carboxylic acid groups (broad SMARTS) is 1. The summed E-state index contributed by atoms with van der Waals surface area (Å²) in [5.74, 6) is -1.23. The first-order valence-corrected chi connectivity index (χ1v) is 6.14. The fraction of sp³-hybridized carbons (Fsp3) is 0.385. The fourth-order valence-electron chi connectivity index (χ4n) is 1.81. The number of hydrogen-bond donors (Lipinski definition) is 3. The second kappa shape index (κ2) is 7.53. The quantitative estimate of drug-likeness (QED) is 0.747. The Kier molecular flexibility index (Phi) is 6.04. The van der Waals surface area contributed by atoms with Gasteiger partial charge in [-0.2, -0.15) is 0 Å². The van der Waals surface area contributed by atoms with Crippen LogP contribution in [0.1, 0.15) is 15.9 Å². The van der Waals surface area contributed by atoms with E-state index < -0.39 is 31.6 Å². The van der Waals surface area contributed by atoms with Crippen LogP contribution < -0.4 is 5.32 Å². The molecule has 0 aliphatic carbocycles. The molecule has 1 rings (SSSR count). The van der Waals surface area contributed by atoms with Gasteiger partial charge in [-0.15, -0.1) is 0 Å². The van der Waals surface area contributed by atoms with Gasteiger partial charge in [0.15, 0.2) is 0 Å². The number of nitrogens with zero attached hydrogens (tertiary/aromatic N) is 1. The molecule has 0 aliphatic rings. The molecule has 2 amide bonds. The lowest BCUT2D eigenvalue weighted by Crippen LogP contribution is -2.40. The predicted molar refractivity (Wildman–Crippen MR) is 71.8 cm³/mol. The van der Waals surface area contributed by atoms with Gasteiger partial charge in [-0.25, -0.2) is 18.4 Å². The van der Waals surface area contributed by atoms with Gasteiger partial charge in [0, 0.05) is 6.54 Å². The molecular formula is C13H16F2N2O4. The van der Waals surface area contributed by atoms with Crippen LogP contribution in [0.5, 0.6) is 0 Å². The number of aromatic carboxylic acids is 1. The lowest BCUT2D eigenvalue weighted by Gasteiger charge is -2.22. The fourth-order valence-corrected chi connectivity index (χ4v) is 1.81. The Hall–Kier alpha value is -2.22. The third-order valence-electron chi connectivity index (χ3n) is 2.74. The van der Waals surface area contributed by atoms with Crippen molar-refractivity contribution in [2.24, 2.45) is 0 Å². The molecule has 21 heavy (non-hydrogen) atoms. The number of aliphatic hydroxyl groups excluding tert-OH is 1. The first-order chi connectivity index (χ1) is 9.86. The number of aryl methyl sites for hydroxylation is 1. The molecule has 0 saturated carbocycles. The molecule has 116 valence electrons. The van der Waals surface area contributed by atoms with Crippen molar-refractivity contribution < 1.29 is 28.6 Å². The Balaban J connectivity index is 2.96. The van der Waals surface area contributed by atoms with Crippen LogP contribution in [0, 0.1) is 6.92 Å². The molecular weight excluding hydrogens is 286 g/mol. The third kappa shape index (κ3) is 4.67. The molecule has 0 unspecified atom stereocenters. The monoisotopic (exact) mass is 302 g/mol. The molecule has 0 aromatic heterocycles. The van der Waals surface area contributed by atoms with E-state index in [4.69, 9.17) is 10.2 Å². The van der Waals surface area contributed by atoms with E-state index in [1.165, 1.54) is 6.07 Å². The minimum absolute atomic E-state index is 0.0182. The van der Waals surface area contributed by atoms with Crippen molar-refractivity contribution in [3.8, 4) is 0 Å². The smallest absolute Gasteiger partial charge is 0.338 e. The number of nitrogens with one attached hydrogen (secondary N) is 1. The van der Waals surface area contributed by atoms with Crippen LogP contribution >= 0.6 is 0 Å². The lowest BCUT2D eigenvalue weighted by molar-refractivity contribution is 0.0697. The molecule has 1 aromatic rings. The molecule has 0 fully saturated rings. The van der Waals surface area contributed by atoms with Crippen molar-refractivity contribution in [3.63, 3.8) is 0 Å². The third-order valence-corrected chi connectivity index (χ3v) is 2.74. The normalized spacial score (nSPS) is 10.5. The van der Waals surface area contributed by atoms with Gasteiger partial charge in [-0.05, 0) is 18.6 Å². The number of hydrogen-bond acceptors (Lipinski definition) is 3. The minimum Gasteiger partial charge on any atom is -0.478 e. The molecule has 0 bridgehead atoms. The van der Waals surface area contributed by atoms with Crippen molar-refractivity contribution >= 4 is 17.7 Å². The first-order valence-electron chi connectivity index (χ1n) is 6.14. The van der Waals surface area contributed by atoms with Gasteiger partial charge in [0.25, 0.3) is 6.43 Å². The summed E-state index contributed by atoms with van der Waals surface area (Å²) in [6.07, 6.45) is -2.75. The van der Waals surface area contributed by atoms with Gasteiger partial charge in [-0.1, -0.05) is 12.1 Å². The zero-order valence-electron chi connectivity index (χ0n) is 11.3. The molecule has 3 N–H and O–H groups in total. The number of aliphatic hydroxyl groups is 1. The van der Waals surface area contributed by atoms with Gasteiger partial charge in [0.1, 0.15) is 0 Å². The standard InChI is InChI=1S/C13H16F2N2O4/c1-8-3-2-4-9(11(8)12(19)20)16-13(21)17(5-6-18)7-10(14)15/h2-4,10,18H,5-7H2,1H3,(H,16,21)(H,19,20). The van der Waals surface area contributed by atoms with E-state index >= 15 is 0 Å². The van der Waals surface area contributed by atoms with Gasteiger partial charge in [0.05, 0.1) is 24.4 Å². The highest BCUT2D eigenvalue weighted by atomic mass is 19.3. The van der Waals surface area contributed by atoms with E-state index in [-0.39, 0.29) is 17.8 Å². The van der Waals surface area contributed by atoms with Crippen molar-refractivity contribution in [2.75, 3.05) is 25.0 Å². The van der Waals surface area contributed by atoms with Crippen LogP contribution in [0.3, 0.4) is 0 Å². The van der Waals surface area contributed by atoms with Crippen LogP contribution in [-0.2, 0) is 0 Å². The highest BCUT2D eigenvalue weighted by Gasteiger charge is 2.20. The number of carbonyl (C=O) groups excluding carboxylic acids is 1. The van der Waals surface area contributed by atoms with Gasteiger partial charge in [0.2, 0.25) is 0 Å². The maximum absolute atomic E-state index is 12.4. The van der Waals surface area contributed by atoms with Crippen LogP contribution in [0.25, 0.3) is 0 Å². The summed E-state index contributed by atoms with van der Waals surface area (Å²) in [6.45, 7) is -0.0332. The van der Waals surface area contributed by atoms with E-state index in [1.807, 2.05) is 0 Å². The molecule has 1 aromatic carbocycles. The van der Waals surface area contributed by atoms with E-state index in [0.717, 1.165) is 4.90 Å². The number of halogens is 2. The maximum Gasteiger partial charge on any atom is 0.338 e. The van der Waals surface area contributed by atoms with Gasteiger partial charge in [-0.3, -0.25) is 0 Å². The van der Waals surface area contributed by atoms with E-state index in [2.05, 4.69) is 5.32 Å². The Morgan fingerprint density at radius 3 is 2.57 bits per heavy atom. The highest BCUT2D eigenvalue weighted by molar-refractivity contribution is 6.01. The Morgan fingerprint density at radius 1 is 1.38 bits per heavy atom. The van der Waals surface area contributed by atoms with Crippen LogP contribution in [0.15, 0.2) is 18.2 Å². The Morgan fingerprint density at radius 2 is 2.05 bits per heavy atom. The number of alkyl halides is 2. The maximum atomic E-state index is 12.4. The molecule has 8 heteroatoms.